The number of rotatable bonds is 4. The molecule has 27 heavy (non-hydrogen) atoms. The van der Waals surface area contributed by atoms with E-state index in [1.807, 2.05) is 59.3 Å². The molecule has 2 aromatic carbocycles. The van der Waals surface area contributed by atoms with Crippen molar-refractivity contribution >= 4 is 35.6 Å². The third-order valence-corrected chi connectivity index (χ3v) is 9.38. The molecule has 2 aliphatic heterocycles. The molecule has 0 bridgehead atoms. The Labute approximate surface area is 163 Å². The highest BCUT2D eigenvalue weighted by atomic mass is 32.2. The van der Waals surface area contributed by atoms with Gasteiger partial charge in [-0.3, -0.25) is 19.0 Å². The summed E-state index contributed by atoms with van der Waals surface area (Å²) in [6.07, 6.45) is 0.844. The van der Waals surface area contributed by atoms with Crippen LogP contribution in [0.3, 0.4) is 0 Å². The van der Waals surface area contributed by atoms with Gasteiger partial charge in [-0.25, -0.2) is 0 Å². The number of amides is 1. The smallest absolute Gasteiger partial charge is 0.301 e. The first kappa shape index (κ1) is 18.3. The zero-order chi connectivity index (χ0) is 18.9. The lowest BCUT2D eigenvalue weighted by molar-refractivity contribution is 0.0862. The molecule has 1 amide bonds. The molecule has 2 heterocycles. The van der Waals surface area contributed by atoms with E-state index in [9.17, 15) is 9.36 Å². The minimum atomic E-state index is -3.25. The fraction of sp³-hybridized carbons (Fsp3) is 0.300. The van der Waals surface area contributed by atoms with E-state index in [0.29, 0.717) is 35.7 Å². The number of hydrogen-bond acceptors (Lipinski definition) is 4. The average Bonchev–Trinajstić information content (AvgIpc) is 2.71. The standard InChI is InChI=1S/C20H22N3O2PS/c1-2-12-22-18-11-7-6-10-17(18)19(24)23-13-14-27-20(26(22,23)25)21-15-16-8-4-3-5-9-16/h3-11H,2,12-15H2,1H3. The monoisotopic (exact) mass is 399 g/mol. The molecular formula is C20H22N3O2PS. The number of carbonyl (C=O) groups is 1. The molecule has 2 aliphatic rings. The lowest BCUT2D eigenvalue weighted by Gasteiger charge is -2.46. The van der Waals surface area contributed by atoms with Crippen molar-refractivity contribution in [1.82, 2.24) is 4.67 Å². The topological polar surface area (TPSA) is 53.0 Å². The largest absolute Gasteiger partial charge is 0.319 e. The van der Waals surface area contributed by atoms with E-state index in [2.05, 4.69) is 6.92 Å². The van der Waals surface area contributed by atoms with Crippen molar-refractivity contribution in [3.8, 4) is 0 Å². The number of anilines is 1. The summed E-state index contributed by atoms with van der Waals surface area (Å²) in [5.41, 5.74) is 2.46. The molecule has 0 spiro atoms. The van der Waals surface area contributed by atoms with Crippen LogP contribution in [0.15, 0.2) is 59.6 Å². The molecule has 1 saturated heterocycles. The maximum atomic E-state index is 14.3. The van der Waals surface area contributed by atoms with Gasteiger partial charge < -0.3 is 4.67 Å². The van der Waals surface area contributed by atoms with Gasteiger partial charge in [-0.2, -0.15) is 0 Å². The second-order valence-electron chi connectivity index (χ2n) is 6.55. The molecular weight excluding hydrogens is 377 g/mol. The van der Waals surface area contributed by atoms with E-state index in [-0.39, 0.29) is 5.91 Å². The van der Waals surface area contributed by atoms with E-state index in [0.717, 1.165) is 17.7 Å². The van der Waals surface area contributed by atoms with Crippen molar-refractivity contribution in [2.45, 2.75) is 19.9 Å². The summed E-state index contributed by atoms with van der Waals surface area (Å²) < 4.78 is 17.8. The number of para-hydroxylation sites is 1. The average molecular weight is 399 g/mol. The van der Waals surface area contributed by atoms with E-state index in [1.54, 1.807) is 4.67 Å². The summed E-state index contributed by atoms with van der Waals surface area (Å²) in [6, 6.07) is 17.4. The Balaban J connectivity index is 1.80. The van der Waals surface area contributed by atoms with Gasteiger partial charge in [0.25, 0.3) is 5.91 Å². The molecule has 0 aromatic heterocycles. The van der Waals surface area contributed by atoms with Crippen LogP contribution < -0.4 is 4.67 Å². The summed E-state index contributed by atoms with van der Waals surface area (Å²) >= 11 is 1.52. The molecule has 0 aliphatic carbocycles. The molecule has 0 saturated carbocycles. The Hall–Kier alpha value is -2.04. The van der Waals surface area contributed by atoms with E-state index >= 15 is 0 Å². The molecule has 1 unspecified atom stereocenters. The second kappa shape index (κ2) is 7.53. The Morgan fingerprint density at radius 3 is 2.63 bits per heavy atom. The fourth-order valence-corrected chi connectivity index (χ4v) is 8.39. The number of aliphatic imine (C=N–C) groups is 1. The lowest BCUT2D eigenvalue weighted by atomic mass is 10.1. The summed E-state index contributed by atoms with van der Waals surface area (Å²) in [5, 5.41) is 0. The van der Waals surface area contributed by atoms with Crippen molar-refractivity contribution in [3.63, 3.8) is 0 Å². The van der Waals surface area contributed by atoms with Crippen molar-refractivity contribution in [1.29, 1.82) is 0 Å². The summed E-state index contributed by atoms with van der Waals surface area (Å²) in [7, 11) is -3.25. The van der Waals surface area contributed by atoms with Gasteiger partial charge in [-0.05, 0) is 24.1 Å². The van der Waals surface area contributed by atoms with Gasteiger partial charge in [0.15, 0.2) is 4.78 Å². The minimum absolute atomic E-state index is 0.144. The highest BCUT2D eigenvalue weighted by Crippen LogP contribution is 2.64. The Morgan fingerprint density at radius 2 is 1.85 bits per heavy atom. The first-order chi connectivity index (χ1) is 13.2. The molecule has 2 aromatic rings. The normalized spacial score (nSPS) is 23.3. The van der Waals surface area contributed by atoms with Gasteiger partial charge in [0.1, 0.15) is 0 Å². The molecule has 0 radical (unpaired) electrons. The van der Waals surface area contributed by atoms with Crippen LogP contribution in [0.2, 0.25) is 0 Å². The van der Waals surface area contributed by atoms with E-state index in [1.165, 1.54) is 11.8 Å². The number of carbonyl (C=O) groups excluding carboxylic acids is 1. The zero-order valence-electron chi connectivity index (χ0n) is 15.2. The number of benzene rings is 2. The quantitative estimate of drug-likeness (QED) is 0.690. The van der Waals surface area contributed by atoms with Crippen LogP contribution in [-0.4, -0.2) is 34.2 Å². The third-order valence-electron chi connectivity index (χ3n) is 4.76. The van der Waals surface area contributed by atoms with Crippen LogP contribution in [0.1, 0.15) is 29.3 Å². The maximum absolute atomic E-state index is 14.3. The number of nitrogens with zero attached hydrogens (tertiary/aromatic N) is 3. The van der Waals surface area contributed by atoms with Gasteiger partial charge >= 0.3 is 7.44 Å². The fourth-order valence-electron chi connectivity index (χ4n) is 3.52. The molecule has 140 valence electrons. The van der Waals surface area contributed by atoms with Crippen LogP contribution >= 0.6 is 19.2 Å². The Morgan fingerprint density at radius 1 is 1.11 bits per heavy atom. The van der Waals surface area contributed by atoms with Gasteiger partial charge in [0, 0.05) is 18.8 Å². The van der Waals surface area contributed by atoms with E-state index < -0.39 is 7.44 Å². The SMILES string of the molecule is CCCN1c2ccccc2C(=O)N2CCSC(=NCc3ccccc3)P21=O. The van der Waals surface area contributed by atoms with Crippen molar-refractivity contribution in [3.05, 3.63) is 65.7 Å². The molecule has 4 rings (SSSR count). The van der Waals surface area contributed by atoms with Crippen LogP contribution in [0, 0.1) is 0 Å². The number of hydrogen-bond donors (Lipinski definition) is 0. The zero-order valence-corrected chi connectivity index (χ0v) is 17.0. The first-order valence-corrected chi connectivity index (χ1v) is 11.8. The number of fused-ring (bicyclic) bond motifs is 2. The van der Waals surface area contributed by atoms with Gasteiger partial charge in [0.2, 0.25) is 0 Å². The van der Waals surface area contributed by atoms with Gasteiger partial charge in [0.05, 0.1) is 17.8 Å². The predicted octanol–water partition coefficient (Wildman–Crippen LogP) is 4.85. The van der Waals surface area contributed by atoms with Gasteiger partial charge in [-0.1, -0.05) is 61.2 Å². The molecule has 7 heteroatoms. The first-order valence-electron chi connectivity index (χ1n) is 9.17. The van der Waals surface area contributed by atoms with Crippen molar-refractivity contribution in [2.24, 2.45) is 4.99 Å². The van der Waals surface area contributed by atoms with Crippen LogP contribution in [0.25, 0.3) is 0 Å². The Kier molecular flexibility index (Phi) is 5.11. The van der Waals surface area contributed by atoms with Crippen molar-refractivity contribution < 1.29 is 9.36 Å². The summed E-state index contributed by atoms with van der Waals surface area (Å²) in [6.45, 7) is 3.65. The molecule has 0 N–H and O–H groups in total. The summed E-state index contributed by atoms with van der Waals surface area (Å²) in [4.78, 5) is 18.4. The summed E-state index contributed by atoms with van der Waals surface area (Å²) in [5.74, 6) is 0.569. The van der Waals surface area contributed by atoms with Gasteiger partial charge in [-0.15, -0.1) is 0 Å². The molecule has 1 atom stereocenters. The van der Waals surface area contributed by atoms with E-state index in [4.69, 9.17) is 4.99 Å². The lowest BCUT2D eigenvalue weighted by Crippen LogP contribution is -2.46. The molecule has 1 fully saturated rings. The number of thioether (sulfide) groups is 1. The van der Waals surface area contributed by atoms with Crippen molar-refractivity contribution in [2.75, 3.05) is 23.5 Å². The second-order valence-corrected chi connectivity index (χ2v) is 10.4. The predicted molar refractivity (Wildman–Crippen MR) is 113 cm³/mol. The highest BCUT2D eigenvalue weighted by Gasteiger charge is 2.51. The maximum Gasteiger partial charge on any atom is 0.319 e. The van der Waals surface area contributed by atoms with Crippen LogP contribution in [0.5, 0.6) is 0 Å². The molecule has 5 nitrogen and oxygen atoms in total. The third kappa shape index (κ3) is 3.11. The van der Waals surface area contributed by atoms with Crippen LogP contribution in [0.4, 0.5) is 5.69 Å². The van der Waals surface area contributed by atoms with Crippen LogP contribution in [-0.2, 0) is 11.1 Å². The minimum Gasteiger partial charge on any atom is -0.301 e. The Bertz CT molecular complexity index is 932. The highest BCUT2D eigenvalue weighted by molar-refractivity contribution is 8.27.